The summed E-state index contributed by atoms with van der Waals surface area (Å²) in [5.41, 5.74) is 1.33. The largest absolute Gasteiger partial charge is 0.459 e. The third-order valence-corrected chi connectivity index (χ3v) is 4.09. The number of imidazole rings is 1. The number of furan rings is 1. The van der Waals surface area contributed by atoms with Crippen LogP contribution in [0, 0.1) is 0 Å². The van der Waals surface area contributed by atoms with E-state index in [1.165, 1.54) is 0 Å². The summed E-state index contributed by atoms with van der Waals surface area (Å²) in [6.07, 6.45) is 7.16. The molecule has 1 aliphatic heterocycles. The molecule has 4 heterocycles. The van der Waals surface area contributed by atoms with E-state index in [1.54, 1.807) is 12.6 Å². The van der Waals surface area contributed by atoms with Gasteiger partial charge in [0, 0.05) is 25.9 Å². The van der Waals surface area contributed by atoms with Crippen molar-refractivity contribution in [1.82, 2.24) is 19.5 Å². The number of anilines is 3. The zero-order valence-electron chi connectivity index (χ0n) is 12.8. The number of nitrogens with zero attached hydrogens (tertiary/aromatic N) is 5. The molecule has 1 aliphatic rings. The monoisotopic (exact) mass is 314 g/mol. The summed E-state index contributed by atoms with van der Waals surface area (Å²) in [5, 5.41) is 12.7. The Hall–Kier alpha value is -2.61. The molecule has 4 rings (SSSR count). The van der Waals surface area contributed by atoms with Crippen LogP contribution in [-0.4, -0.2) is 43.8 Å². The van der Waals surface area contributed by atoms with Gasteiger partial charge in [0.25, 0.3) is 0 Å². The second-order valence-electron chi connectivity index (χ2n) is 5.73. The number of aliphatic hydroxyl groups is 1. The Kier molecular flexibility index (Phi) is 3.38. The van der Waals surface area contributed by atoms with Crippen LogP contribution in [0.1, 0.15) is 12.8 Å². The summed E-state index contributed by atoms with van der Waals surface area (Å²) >= 11 is 0. The van der Waals surface area contributed by atoms with Crippen molar-refractivity contribution in [1.29, 1.82) is 0 Å². The molecule has 8 nitrogen and oxygen atoms in total. The van der Waals surface area contributed by atoms with E-state index in [0.29, 0.717) is 23.2 Å². The lowest BCUT2D eigenvalue weighted by Gasteiger charge is -2.23. The highest BCUT2D eigenvalue weighted by molar-refractivity contribution is 5.86. The standard InChI is InChI=1S/C15H18N6O2/c1-20-7-12(16-9-20)18-14-13-11(4-6-23-13)17-15(19-14)21-5-2-3-10(21)8-22/h4,6-7,9-10,22H,2-3,5,8H2,1H3,(H,17,18,19)/t10-/m0/s1. The predicted molar refractivity (Wildman–Crippen MR) is 85.7 cm³/mol. The highest BCUT2D eigenvalue weighted by Gasteiger charge is 2.27. The number of aromatic nitrogens is 4. The normalized spacial score (nSPS) is 18.0. The van der Waals surface area contributed by atoms with Crippen LogP contribution in [0.5, 0.6) is 0 Å². The summed E-state index contributed by atoms with van der Waals surface area (Å²) in [6.45, 7) is 0.952. The van der Waals surface area contributed by atoms with Gasteiger partial charge in [0.05, 0.1) is 25.2 Å². The molecule has 1 fully saturated rings. The van der Waals surface area contributed by atoms with E-state index in [0.717, 1.165) is 24.9 Å². The van der Waals surface area contributed by atoms with E-state index in [9.17, 15) is 5.11 Å². The molecule has 8 heteroatoms. The van der Waals surface area contributed by atoms with Crippen LogP contribution < -0.4 is 10.2 Å². The Bertz CT molecular complexity index is 826. The van der Waals surface area contributed by atoms with Crippen molar-refractivity contribution in [2.75, 3.05) is 23.4 Å². The van der Waals surface area contributed by atoms with E-state index in [2.05, 4.69) is 25.2 Å². The average Bonchev–Trinajstić information content (AvgIpc) is 3.26. The topological polar surface area (TPSA) is 92.2 Å². The second kappa shape index (κ2) is 5.54. The van der Waals surface area contributed by atoms with E-state index in [-0.39, 0.29) is 12.6 Å². The van der Waals surface area contributed by atoms with Crippen LogP contribution in [-0.2, 0) is 7.05 Å². The van der Waals surface area contributed by atoms with Crippen molar-refractivity contribution >= 4 is 28.7 Å². The second-order valence-corrected chi connectivity index (χ2v) is 5.73. The number of aryl methyl sites for hydroxylation is 1. The van der Waals surface area contributed by atoms with E-state index >= 15 is 0 Å². The lowest BCUT2D eigenvalue weighted by Crippen LogP contribution is -2.33. The summed E-state index contributed by atoms with van der Waals surface area (Å²) in [5.74, 6) is 1.88. The number of rotatable bonds is 4. The molecule has 3 aromatic heterocycles. The molecular weight excluding hydrogens is 296 g/mol. The Morgan fingerprint density at radius 2 is 2.35 bits per heavy atom. The first-order valence-corrected chi connectivity index (χ1v) is 7.62. The molecule has 1 atom stereocenters. The van der Waals surface area contributed by atoms with Gasteiger partial charge in [0.1, 0.15) is 11.3 Å². The quantitative estimate of drug-likeness (QED) is 0.756. The van der Waals surface area contributed by atoms with Crippen molar-refractivity contribution < 1.29 is 9.52 Å². The van der Waals surface area contributed by atoms with E-state index < -0.39 is 0 Å². The molecule has 0 spiro atoms. The van der Waals surface area contributed by atoms with Crippen molar-refractivity contribution in [2.45, 2.75) is 18.9 Å². The first kappa shape index (κ1) is 14.0. The maximum Gasteiger partial charge on any atom is 0.228 e. The van der Waals surface area contributed by atoms with Crippen molar-refractivity contribution in [2.24, 2.45) is 7.05 Å². The predicted octanol–water partition coefficient (Wildman–Crippen LogP) is 1.66. The summed E-state index contributed by atoms with van der Waals surface area (Å²) in [7, 11) is 1.90. The van der Waals surface area contributed by atoms with Gasteiger partial charge in [-0.1, -0.05) is 0 Å². The third kappa shape index (κ3) is 2.50. The molecule has 0 radical (unpaired) electrons. The summed E-state index contributed by atoms with van der Waals surface area (Å²) in [4.78, 5) is 15.5. The van der Waals surface area contributed by atoms with Crippen molar-refractivity contribution in [3.63, 3.8) is 0 Å². The number of fused-ring (bicyclic) bond motifs is 1. The Morgan fingerprint density at radius 1 is 1.43 bits per heavy atom. The van der Waals surface area contributed by atoms with Crippen LogP contribution in [0.15, 0.2) is 29.3 Å². The zero-order valence-corrected chi connectivity index (χ0v) is 12.8. The zero-order chi connectivity index (χ0) is 15.8. The molecule has 2 N–H and O–H groups in total. The number of nitrogens with one attached hydrogen (secondary N) is 1. The number of aliphatic hydroxyl groups excluding tert-OH is 1. The summed E-state index contributed by atoms with van der Waals surface area (Å²) < 4.78 is 7.36. The van der Waals surface area contributed by atoms with Crippen LogP contribution in [0.25, 0.3) is 11.1 Å². The lowest BCUT2D eigenvalue weighted by atomic mass is 10.2. The molecule has 120 valence electrons. The minimum Gasteiger partial charge on any atom is -0.459 e. The van der Waals surface area contributed by atoms with E-state index in [4.69, 9.17) is 4.42 Å². The number of hydrogen-bond acceptors (Lipinski definition) is 7. The Morgan fingerprint density at radius 3 is 3.13 bits per heavy atom. The van der Waals surface area contributed by atoms with Crippen LogP contribution >= 0.6 is 0 Å². The van der Waals surface area contributed by atoms with Gasteiger partial charge in [-0.05, 0) is 12.8 Å². The van der Waals surface area contributed by atoms with Gasteiger partial charge < -0.3 is 24.3 Å². The summed E-state index contributed by atoms with van der Waals surface area (Å²) in [6, 6.07) is 1.88. The van der Waals surface area contributed by atoms with Gasteiger partial charge in [-0.2, -0.15) is 4.98 Å². The molecule has 1 saturated heterocycles. The highest BCUT2D eigenvalue weighted by atomic mass is 16.3. The molecular formula is C15H18N6O2. The minimum atomic E-state index is 0.0713. The molecule has 3 aromatic rings. The molecule has 23 heavy (non-hydrogen) atoms. The van der Waals surface area contributed by atoms with Crippen LogP contribution in [0.3, 0.4) is 0 Å². The van der Waals surface area contributed by atoms with Crippen LogP contribution in [0.4, 0.5) is 17.6 Å². The third-order valence-electron chi connectivity index (χ3n) is 4.09. The van der Waals surface area contributed by atoms with Gasteiger partial charge in [-0.25, -0.2) is 9.97 Å². The van der Waals surface area contributed by atoms with Gasteiger partial charge in [0.15, 0.2) is 11.4 Å². The fourth-order valence-electron chi connectivity index (χ4n) is 2.95. The molecule has 0 aliphatic carbocycles. The maximum atomic E-state index is 9.53. The number of hydrogen-bond donors (Lipinski definition) is 2. The molecule has 0 aromatic carbocycles. The van der Waals surface area contributed by atoms with Crippen molar-refractivity contribution in [3.05, 3.63) is 24.9 Å². The van der Waals surface area contributed by atoms with Gasteiger partial charge >= 0.3 is 0 Å². The Balaban J connectivity index is 1.75. The smallest absolute Gasteiger partial charge is 0.228 e. The average molecular weight is 314 g/mol. The minimum absolute atomic E-state index is 0.0713. The Labute approximate surface area is 132 Å². The fourth-order valence-corrected chi connectivity index (χ4v) is 2.95. The fraction of sp³-hybridized carbons (Fsp3) is 0.400. The van der Waals surface area contributed by atoms with Gasteiger partial charge in [0.2, 0.25) is 5.95 Å². The van der Waals surface area contributed by atoms with Gasteiger partial charge in [-0.15, -0.1) is 0 Å². The van der Waals surface area contributed by atoms with E-state index in [1.807, 2.05) is 23.9 Å². The van der Waals surface area contributed by atoms with Gasteiger partial charge in [-0.3, -0.25) is 0 Å². The highest BCUT2D eigenvalue weighted by Crippen LogP contribution is 2.29. The lowest BCUT2D eigenvalue weighted by molar-refractivity contribution is 0.265. The SMILES string of the molecule is Cn1cnc(Nc2nc(N3CCC[C@H]3CO)nc3ccoc23)c1. The first-order chi connectivity index (χ1) is 11.2. The molecule has 0 unspecified atom stereocenters. The molecule has 0 bridgehead atoms. The molecule has 0 saturated carbocycles. The van der Waals surface area contributed by atoms with Crippen molar-refractivity contribution in [3.8, 4) is 0 Å². The molecule has 0 amide bonds. The maximum absolute atomic E-state index is 9.53. The van der Waals surface area contributed by atoms with Crippen LogP contribution in [0.2, 0.25) is 0 Å². The first-order valence-electron chi connectivity index (χ1n) is 7.62.